The third-order valence-electron chi connectivity index (χ3n) is 4.32. The Hall–Kier alpha value is -0.690. The van der Waals surface area contributed by atoms with Crippen LogP contribution in [0.2, 0.25) is 5.02 Å². The highest BCUT2D eigenvalue weighted by atomic mass is 35.5. The third kappa shape index (κ3) is 2.77. The summed E-state index contributed by atoms with van der Waals surface area (Å²) in [4.78, 5) is 0. The van der Waals surface area contributed by atoms with E-state index in [-0.39, 0.29) is 0 Å². The van der Waals surface area contributed by atoms with Crippen LogP contribution in [0.25, 0.3) is 0 Å². The molecule has 1 aromatic carbocycles. The van der Waals surface area contributed by atoms with Crippen molar-refractivity contribution in [2.24, 2.45) is 11.8 Å². The Morgan fingerprint density at radius 1 is 1.24 bits per heavy atom. The molecule has 1 aromatic rings. The molecule has 3 unspecified atom stereocenters. The molecule has 1 aliphatic carbocycles. The van der Waals surface area contributed by atoms with Crippen molar-refractivity contribution >= 4 is 17.3 Å². The molecule has 1 N–H and O–H groups in total. The summed E-state index contributed by atoms with van der Waals surface area (Å²) in [5.74, 6) is 1.56. The molecule has 1 aliphatic rings. The lowest BCUT2D eigenvalue weighted by molar-refractivity contribution is 0.253. The number of nitrogens with one attached hydrogen (secondary N) is 1. The van der Waals surface area contributed by atoms with E-state index in [0.29, 0.717) is 6.04 Å². The van der Waals surface area contributed by atoms with Crippen molar-refractivity contribution in [2.75, 3.05) is 5.32 Å². The smallest absolute Gasteiger partial charge is 0.0455 e. The number of hydrogen-bond donors (Lipinski definition) is 1. The van der Waals surface area contributed by atoms with Crippen molar-refractivity contribution in [1.82, 2.24) is 0 Å². The zero-order valence-corrected chi connectivity index (χ0v) is 11.7. The van der Waals surface area contributed by atoms with Crippen LogP contribution in [0.4, 0.5) is 5.69 Å². The van der Waals surface area contributed by atoms with E-state index in [2.05, 4.69) is 32.2 Å². The Morgan fingerprint density at radius 3 is 2.76 bits per heavy atom. The van der Waals surface area contributed by atoms with Crippen LogP contribution in [0.5, 0.6) is 0 Å². The summed E-state index contributed by atoms with van der Waals surface area (Å²) >= 11 is 6.16. The van der Waals surface area contributed by atoms with Gasteiger partial charge in [-0.2, -0.15) is 0 Å². The first kappa shape index (κ1) is 12.8. The van der Waals surface area contributed by atoms with E-state index in [1.807, 2.05) is 12.1 Å². The zero-order valence-electron chi connectivity index (χ0n) is 11.0. The van der Waals surface area contributed by atoms with Crippen LogP contribution in [0.3, 0.4) is 0 Å². The monoisotopic (exact) mass is 251 g/mol. The van der Waals surface area contributed by atoms with Gasteiger partial charge in [-0.15, -0.1) is 0 Å². The number of rotatable bonds is 2. The molecule has 2 rings (SSSR count). The fourth-order valence-corrected chi connectivity index (χ4v) is 2.92. The largest absolute Gasteiger partial charge is 0.382 e. The summed E-state index contributed by atoms with van der Waals surface area (Å²) < 4.78 is 0. The van der Waals surface area contributed by atoms with E-state index in [4.69, 9.17) is 11.6 Å². The minimum Gasteiger partial charge on any atom is -0.382 e. The van der Waals surface area contributed by atoms with Gasteiger partial charge in [0.1, 0.15) is 0 Å². The van der Waals surface area contributed by atoms with Crippen molar-refractivity contribution < 1.29 is 0 Å². The van der Waals surface area contributed by atoms with Gasteiger partial charge < -0.3 is 5.32 Å². The van der Waals surface area contributed by atoms with Crippen LogP contribution in [0, 0.1) is 18.8 Å². The van der Waals surface area contributed by atoms with Crippen LogP contribution in [0.15, 0.2) is 18.2 Å². The molecule has 0 saturated heterocycles. The van der Waals surface area contributed by atoms with Gasteiger partial charge in [0.15, 0.2) is 0 Å². The lowest BCUT2D eigenvalue weighted by Gasteiger charge is -2.35. The summed E-state index contributed by atoms with van der Waals surface area (Å²) in [6, 6.07) is 6.70. The summed E-state index contributed by atoms with van der Waals surface area (Å²) in [5.41, 5.74) is 2.36. The number of benzene rings is 1. The van der Waals surface area contributed by atoms with Gasteiger partial charge in [0.05, 0.1) is 0 Å². The molecule has 94 valence electrons. The molecular weight excluding hydrogens is 230 g/mol. The molecule has 3 atom stereocenters. The normalized spacial score (nSPS) is 29.1. The first-order valence-electron chi connectivity index (χ1n) is 6.61. The van der Waals surface area contributed by atoms with Gasteiger partial charge in [-0.1, -0.05) is 44.4 Å². The van der Waals surface area contributed by atoms with Gasteiger partial charge in [0, 0.05) is 16.8 Å². The SMILES string of the molecule is Cc1c(Cl)cccc1NC1CCCC(C)C1C. The molecule has 0 spiro atoms. The molecule has 1 nitrogen and oxygen atoms in total. The quantitative estimate of drug-likeness (QED) is 0.790. The topological polar surface area (TPSA) is 12.0 Å². The molecule has 0 aliphatic heterocycles. The highest BCUT2D eigenvalue weighted by Crippen LogP contribution is 2.33. The van der Waals surface area contributed by atoms with Crippen LogP contribution < -0.4 is 5.32 Å². The molecule has 0 amide bonds. The molecule has 0 radical (unpaired) electrons. The maximum absolute atomic E-state index is 6.16. The van der Waals surface area contributed by atoms with Crippen LogP contribution in [-0.2, 0) is 0 Å². The van der Waals surface area contributed by atoms with E-state index in [1.54, 1.807) is 0 Å². The highest BCUT2D eigenvalue weighted by molar-refractivity contribution is 6.31. The maximum atomic E-state index is 6.16. The Labute approximate surface area is 110 Å². The summed E-state index contributed by atoms with van der Waals surface area (Å²) in [7, 11) is 0. The molecule has 1 saturated carbocycles. The Bertz CT molecular complexity index is 389. The second-order valence-electron chi connectivity index (χ2n) is 5.43. The second-order valence-corrected chi connectivity index (χ2v) is 5.84. The van der Waals surface area contributed by atoms with Crippen molar-refractivity contribution in [3.63, 3.8) is 0 Å². The van der Waals surface area contributed by atoms with E-state index in [1.165, 1.54) is 30.5 Å². The summed E-state index contributed by atoms with van der Waals surface area (Å²) in [5, 5.41) is 4.54. The van der Waals surface area contributed by atoms with Crippen LogP contribution in [-0.4, -0.2) is 6.04 Å². The predicted molar refractivity (Wildman–Crippen MR) is 75.8 cm³/mol. The average molecular weight is 252 g/mol. The van der Waals surface area contributed by atoms with Crippen LogP contribution >= 0.6 is 11.6 Å². The van der Waals surface area contributed by atoms with Gasteiger partial charge in [0.25, 0.3) is 0 Å². The van der Waals surface area contributed by atoms with E-state index in [0.717, 1.165) is 16.9 Å². The summed E-state index contributed by atoms with van der Waals surface area (Å²) in [6.45, 7) is 6.81. The standard InChI is InChI=1S/C15H22ClN/c1-10-6-4-8-14(11(10)2)17-15-9-5-7-13(16)12(15)3/h5,7,9-11,14,17H,4,6,8H2,1-3H3. The second kappa shape index (κ2) is 5.30. The molecule has 2 heteroatoms. The lowest BCUT2D eigenvalue weighted by atomic mass is 9.78. The molecule has 17 heavy (non-hydrogen) atoms. The number of halogens is 1. The molecular formula is C15H22ClN. The van der Waals surface area contributed by atoms with Crippen LogP contribution in [0.1, 0.15) is 38.7 Å². The lowest BCUT2D eigenvalue weighted by Crippen LogP contribution is -2.35. The summed E-state index contributed by atoms with van der Waals surface area (Å²) in [6.07, 6.45) is 3.98. The van der Waals surface area contributed by atoms with Gasteiger partial charge >= 0.3 is 0 Å². The van der Waals surface area contributed by atoms with Gasteiger partial charge in [-0.3, -0.25) is 0 Å². The molecule has 0 aromatic heterocycles. The zero-order chi connectivity index (χ0) is 12.4. The van der Waals surface area contributed by atoms with E-state index in [9.17, 15) is 0 Å². The Balaban J connectivity index is 2.12. The van der Waals surface area contributed by atoms with Crippen molar-refractivity contribution in [1.29, 1.82) is 0 Å². The third-order valence-corrected chi connectivity index (χ3v) is 4.72. The van der Waals surface area contributed by atoms with Crippen molar-refractivity contribution in [2.45, 2.75) is 46.1 Å². The molecule has 0 heterocycles. The van der Waals surface area contributed by atoms with E-state index < -0.39 is 0 Å². The van der Waals surface area contributed by atoms with Gasteiger partial charge in [0.2, 0.25) is 0 Å². The Kier molecular flexibility index (Phi) is 3.98. The fourth-order valence-electron chi connectivity index (χ4n) is 2.75. The predicted octanol–water partition coefficient (Wildman–Crippen LogP) is 4.89. The maximum Gasteiger partial charge on any atom is 0.0455 e. The Morgan fingerprint density at radius 2 is 2.00 bits per heavy atom. The number of anilines is 1. The first-order valence-corrected chi connectivity index (χ1v) is 6.99. The van der Waals surface area contributed by atoms with Crippen molar-refractivity contribution in [3.05, 3.63) is 28.8 Å². The van der Waals surface area contributed by atoms with Gasteiger partial charge in [-0.05, 0) is 42.9 Å². The average Bonchev–Trinajstić information content (AvgIpc) is 2.31. The first-order chi connectivity index (χ1) is 8.09. The highest BCUT2D eigenvalue weighted by Gasteiger charge is 2.27. The van der Waals surface area contributed by atoms with Gasteiger partial charge in [-0.25, -0.2) is 0 Å². The number of hydrogen-bond acceptors (Lipinski definition) is 1. The minimum atomic E-state index is 0.593. The van der Waals surface area contributed by atoms with Crippen molar-refractivity contribution in [3.8, 4) is 0 Å². The van der Waals surface area contributed by atoms with E-state index >= 15 is 0 Å². The molecule has 1 fully saturated rings. The minimum absolute atomic E-state index is 0.593. The fraction of sp³-hybridized carbons (Fsp3) is 0.600. The molecule has 0 bridgehead atoms.